The zero-order valence-corrected chi connectivity index (χ0v) is 13.8. The summed E-state index contributed by atoms with van der Waals surface area (Å²) in [5, 5.41) is 8.83. The third kappa shape index (κ3) is 11.0. The lowest BCUT2D eigenvalue weighted by Gasteiger charge is -2.25. The largest absolute Gasteiger partial charge is 0.481 e. The first kappa shape index (κ1) is 19.7. The molecule has 0 aliphatic rings. The Labute approximate surface area is 125 Å². The van der Waals surface area contributed by atoms with Crippen molar-refractivity contribution in [2.45, 2.75) is 59.6 Å². The molecule has 0 saturated carbocycles. The molecular formula is C12H24N2O6S. The standard InChI is InChI=1S/C12H24N2O6S/c1-8(2)20-11(17)14-21(18,19)13-9(6-10(15)16)7-12(3,4)5/h8-9,13H,6-7H2,1-5H3,(H,14,17)(H,15,16). The van der Waals surface area contributed by atoms with Crippen LogP contribution in [0.3, 0.4) is 0 Å². The van der Waals surface area contributed by atoms with E-state index in [9.17, 15) is 18.0 Å². The lowest BCUT2D eigenvalue weighted by Crippen LogP contribution is -2.47. The van der Waals surface area contributed by atoms with Crippen molar-refractivity contribution in [2.75, 3.05) is 0 Å². The van der Waals surface area contributed by atoms with Crippen molar-refractivity contribution >= 4 is 22.3 Å². The first-order valence-electron chi connectivity index (χ1n) is 6.53. The van der Waals surface area contributed by atoms with E-state index in [4.69, 9.17) is 5.11 Å². The maximum Gasteiger partial charge on any atom is 0.422 e. The first-order chi connectivity index (χ1) is 9.31. The minimum absolute atomic E-state index is 0.277. The molecule has 0 aliphatic heterocycles. The van der Waals surface area contributed by atoms with Crippen LogP contribution < -0.4 is 9.44 Å². The molecule has 0 radical (unpaired) electrons. The SMILES string of the molecule is CC(C)OC(=O)NS(=O)(=O)NC(CC(=O)O)CC(C)(C)C. The molecule has 1 unspecified atom stereocenters. The Balaban J connectivity index is 4.80. The molecule has 124 valence electrons. The Morgan fingerprint density at radius 3 is 2.14 bits per heavy atom. The van der Waals surface area contributed by atoms with E-state index in [1.807, 2.05) is 20.8 Å². The summed E-state index contributed by atoms with van der Waals surface area (Å²) in [6, 6.07) is -0.827. The van der Waals surface area contributed by atoms with Crippen molar-refractivity contribution in [1.29, 1.82) is 0 Å². The molecule has 0 aliphatic carbocycles. The number of carbonyl (C=O) groups excluding carboxylic acids is 1. The van der Waals surface area contributed by atoms with Gasteiger partial charge >= 0.3 is 22.3 Å². The van der Waals surface area contributed by atoms with Crippen molar-refractivity contribution in [2.24, 2.45) is 5.41 Å². The molecule has 0 heterocycles. The molecule has 0 saturated heterocycles. The van der Waals surface area contributed by atoms with Crippen LogP contribution in [0.15, 0.2) is 0 Å². The molecule has 9 heteroatoms. The van der Waals surface area contributed by atoms with E-state index in [1.165, 1.54) is 0 Å². The lowest BCUT2D eigenvalue weighted by atomic mass is 9.87. The third-order valence-electron chi connectivity index (χ3n) is 2.16. The minimum Gasteiger partial charge on any atom is -0.481 e. The Morgan fingerprint density at radius 1 is 1.24 bits per heavy atom. The first-order valence-corrected chi connectivity index (χ1v) is 8.01. The number of amides is 1. The van der Waals surface area contributed by atoms with Gasteiger partial charge in [0.05, 0.1) is 12.5 Å². The summed E-state index contributed by atoms with van der Waals surface area (Å²) in [6.45, 7) is 8.72. The Hall–Kier alpha value is -1.35. The molecule has 0 bridgehead atoms. The number of carbonyl (C=O) groups is 2. The summed E-state index contributed by atoms with van der Waals surface area (Å²) >= 11 is 0. The third-order valence-corrected chi connectivity index (χ3v) is 3.24. The molecule has 0 aromatic carbocycles. The normalized spacial score (nSPS) is 13.8. The van der Waals surface area contributed by atoms with Gasteiger partial charge in [-0.3, -0.25) is 4.79 Å². The zero-order chi connectivity index (χ0) is 16.8. The number of hydrogen-bond acceptors (Lipinski definition) is 5. The zero-order valence-electron chi connectivity index (χ0n) is 13.0. The van der Waals surface area contributed by atoms with Crippen LogP contribution in [-0.2, 0) is 19.7 Å². The van der Waals surface area contributed by atoms with E-state index in [-0.39, 0.29) is 11.8 Å². The van der Waals surface area contributed by atoms with E-state index in [0.717, 1.165) is 0 Å². The molecular weight excluding hydrogens is 300 g/mol. The van der Waals surface area contributed by atoms with Gasteiger partial charge in [0.2, 0.25) is 0 Å². The quantitative estimate of drug-likeness (QED) is 0.647. The monoisotopic (exact) mass is 324 g/mol. The van der Waals surface area contributed by atoms with Crippen LogP contribution in [0.1, 0.15) is 47.5 Å². The summed E-state index contributed by atoms with van der Waals surface area (Å²) in [5.74, 6) is -1.13. The average molecular weight is 324 g/mol. The smallest absolute Gasteiger partial charge is 0.422 e. The predicted molar refractivity (Wildman–Crippen MR) is 76.9 cm³/mol. The number of hydrogen-bond donors (Lipinski definition) is 3. The molecule has 3 N–H and O–H groups in total. The summed E-state index contributed by atoms with van der Waals surface area (Å²) in [7, 11) is -4.18. The highest BCUT2D eigenvalue weighted by Gasteiger charge is 2.26. The summed E-state index contributed by atoms with van der Waals surface area (Å²) in [6.07, 6.45) is -1.65. The van der Waals surface area contributed by atoms with Crippen LogP contribution >= 0.6 is 0 Å². The summed E-state index contributed by atoms with van der Waals surface area (Å²) < 4.78 is 32.1. The van der Waals surface area contributed by atoms with Crippen LogP contribution in [0.25, 0.3) is 0 Å². The van der Waals surface area contributed by atoms with Crippen molar-refractivity contribution in [1.82, 2.24) is 9.44 Å². The van der Waals surface area contributed by atoms with Gasteiger partial charge in [0, 0.05) is 6.04 Å². The number of nitrogens with one attached hydrogen (secondary N) is 2. The Bertz CT molecular complexity index is 467. The minimum atomic E-state index is -4.18. The van der Waals surface area contributed by atoms with E-state index < -0.39 is 34.4 Å². The van der Waals surface area contributed by atoms with Gasteiger partial charge in [-0.15, -0.1) is 0 Å². The maximum atomic E-state index is 11.8. The predicted octanol–water partition coefficient (Wildman–Crippen LogP) is 1.23. The van der Waals surface area contributed by atoms with Gasteiger partial charge in [-0.25, -0.2) is 9.52 Å². The van der Waals surface area contributed by atoms with Crippen LogP contribution in [0.4, 0.5) is 4.79 Å². The fourth-order valence-corrected chi connectivity index (χ4v) is 2.63. The van der Waals surface area contributed by atoms with Gasteiger partial charge in [0.1, 0.15) is 0 Å². The maximum absolute atomic E-state index is 11.8. The number of carboxylic acids is 1. The van der Waals surface area contributed by atoms with E-state index >= 15 is 0 Å². The molecule has 0 spiro atoms. The van der Waals surface area contributed by atoms with Crippen molar-refractivity contribution in [3.05, 3.63) is 0 Å². The molecule has 0 rings (SSSR count). The molecule has 0 aromatic rings. The summed E-state index contributed by atoms with van der Waals surface area (Å²) in [4.78, 5) is 22.1. The highest BCUT2D eigenvalue weighted by atomic mass is 32.2. The van der Waals surface area contributed by atoms with Gasteiger partial charge < -0.3 is 9.84 Å². The molecule has 8 nitrogen and oxygen atoms in total. The van der Waals surface area contributed by atoms with E-state index in [2.05, 4.69) is 9.46 Å². The van der Waals surface area contributed by atoms with Crippen molar-refractivity contribution in [3.63, 3.8) is 0 Å². The molecule has 21 heavy (non-hydrogen) atoms. The second-order valence-corrected chi connectivity index (χ2v) is 7.68. The van der Waals surface area contributed by atoms with Crippen molar-refractivity contribution < 1.29 is 27.9 Å². The van der Waals surface area contributed by atoms with Gasteiger partial charge in [-0.05, 0) is 25.7 Å². The summed E-state index contributed by atoms with van der Waals surface area (Å²) in [5.41, 5.74) is -0.277. The highest BCUT2D eigenvalue weighted by molar-refractivity contribution is 7.88. The van der Waals surface area contributed by atoms with Gasteiger partial charge in [0.25, 0.3) is 0 Å². The van der Waals surface area contributed by atoms with Gasteiger partial charge in [-0.2, -0.15) is 13.1 Å². The van der Waals surface area contributed by atoms with Crippen LogP contribution in [0, 0.1) is 5.41 Å². The highest BCUT2D eigenvalue weighted by Crippen LogP contribution is 2.22. The van der Waals surface area contributed by atoms with Crippen LogP contribution in [-0.4, -0.2) is 37.7 Å². The van der Waals surface area contributed by atoms with E-state index in [0.29, 0.717) is 6.42 Å². The molecule has 1 atom stereocenters. The molecule has 1 amide bonds. The van der Waals surface area contributed by atoms with Crippen LogP contribution in [0.2, 0.25) is 0 Å². The Morgan fingerprint density at radius 2 is 1.76 bits per heavy atom. The average Bonchev–Trinajstić information content (AvgIpc) is 2.07. The van der Waals surface area contributed by atoms with Gasteiger partial charge in [0.15, 0.2) is 0 Å². The lowest BCUT2D eigenvalue weighted by molar-refractivity contribution is -0.137. The second kappa shape index (κ2) is 7.60. The number of rotatable bonds is 7. The number of ether oxygens (including phenoxy) is 1. The number of aliphatic carboxylic acids is 1. The second-order valence-electron chi connectivity index (χ2n) is 6.24. The van der Waals surface area contributed by atoms with Gasteiger partial charge in [-0.1, -0.05) is 20.8 Å². The Kier molecular flexibility index (Phi) is 7.11. The van der Waals surface area contributed by atoms with Crippen LogP contribution in [0.5, 0.6) is 0 Å². The molecule has 0 aromatic heterocycles. The topological polar surface area (TPSA) is 122 Å². The molecule has 0 fully saturated rings. The fraction of sp³-hybridized carbons (Fsp3) is 0.833. The number of carboxylic acid groups (broad SMARTS) is 1. The van der Waals surface area contributed by atoms with E-state index in [1.54, 1.807) is 18.6 Å². The van der Waals surface area contributed by atoms with Crippen molar-refractivity contribution in [3.8, 4) is 0 Å². The fourth-order valence-electron chi connectivity index (χ4n) is 1.70.